The number of nitrogens with zero attached hydrogens (tertiary/aromatic N) is 2. The molecule has 0 radical (unpaired) electrons. The van der Waals surface area contributed by atoms with Crippen molar-refractivity contribution in [2.45, 2.75) is 34.7 Å². The maximum absolute atomic E-state index is 12.3. The summed E-state index contributed by atoms with van der Waals surface area (Å²) in [5.41, 5.74) is 2.36. The Kier molecular flexibility index (Phi) is 3.99. The first kappa shape index (κ1) is 13.5. The second-order valence-electron chi connectivity index (χ2n) is 4.05. The summed E-state index contributed by atoms with van der Waals surface area (Å²) in [6.45, 7) is 1.74. The van der Waals surface area contributed by atoms with Crippen LogP contribution in [0.3, 0.4) is 0 Å². The minimum absolute atomic E-state index is 0.0133. The smallest absolute Gasteiger partial charge is 0.277 e. The summed E-state index contributed by atoms with van der Waals surface area (Å²) in [7, 11) is 0. The summed E-state index contributed by atoms with van der Waals surface area (Å²) in [6, 6.07) is 0. The average Bonchev–Trinajstić information content (AvgIpc) is 2.30. The predicted octanol–water partition coefficient (Wildman–Crippen LogP) is 3.51. The Hall–Kier alpha value is 0.120. The maximum Gasteiger partial charge on any atom is 0.277 e. The number of alkyl halides is 3. The highest BCUT2D eigenvalue weighted by atomic mass is 79.9. The molecule has 1 aromatic rings. The van der Waals surface area contributed by atoms with Gasteiger partial charge in [0.2, 0.25) is 0 Å². The third-order valence-electron chi connectivity index (χ3n) is 3.08. The average molecular weight is 432 g/mol. The first-order valence-corrected chi connectivity index (χ1v) is 8.18. The normalized spacial score (nSPS) is 23.5. The van der Waals surface area contributed by atoms with E-state index in [-0.39, 0.29) is 9.65 Å². The molecule has 94 valence electrons. The highest BCUT2D eigenvalue weighted by Gasteiger charge is 2.38. The second kappa shape index (κ2) is 5.01. The Morgan fingerprint density at radius 3 is 2.59 bits per heavy atom. The molecule has 0 spiro atoms. The molecule has 0 unspecified atom stereocenters. The second-order valence-corrected chi connectivity index (χ2v) is 6.83. The van der Waals surface area contributed by atoms with Crippen molar-refractivity contribution >= 4 is 47.8 Å². The van der Waals surface area contributed by atoms with Crippen molar-refractivity contribution < 1.29 is 9.63 Å². The number of hydrogen-bond acceptors (Lipinski definition) is 2. The Morgan fingerprint density at radius 1 is 1.41 bits per heavy atom. The fraction of sp³-hybridized carbons (Fsp3) is 0.600. The van der Waals surface area contributed by atoms with Gasteiger partial charge in [-0.15, -0.1) is 0 Å². The molecule has 1 aromatic heterocycles. The highest BCUT2D eigenvalue weighted by Crippen LogP contribution is 2.43. The number of hydrogen-bond donors (Lipinski definition) is 1. The SMILES string of the molecule is Cc1c(CBr)[n+](=O)c2c(n1O)[C@@H](Br)CC[C@@H]2Br. The molecular weight excluding hydrogens is 420 g/mol. The Balaban J connectivity index is 2.83. The lowest BCUT2D eigenvalue weighted by atomic mass is 9.99. The molecule has 2 atom stereocenters. The molecule has 0 saturated heterocycles. The van der Waals surface area contributed by atoms with Crippen molar-refractivity contribution in [1.82, 2.24) is 4.73 Å². The van der Waals surface area contributed by atoms with Gasteiger partial charge in [0.1, 0.15) is 16.2 Å². The largest absolute Gasteiger partial charge is 0.428 e. The van der Waals surface area contributed by atoms with Crippen molar-refractivity contribution in [3.8, 4) is 0 Å². The molecule has 0 aliphatic heterocycles. The zero-order chi connectivity index (χ0) is 12.7. The van der Waals surface area contributed by atoms with Crippen molar-refractivity contribution in [2.75, 3.05) is 0 Å². The third-order valence-corrected chi connectivity index (χ3v) is 5.40. The van der Waals surface area contributed by atoms with Gasteiger partial charge in [-0.3, -0.25) is 0 Å². The van der Waals surface area contributed by atoms with E-state index in [4.69, 9.17) is 0 Å². The Labute approximate surface area is 124 Å². The van der Waals surface area contributed by atoms with Crippen LogP contribution >= 0.6 is 47.8 Å². The van der Waals surface area contributed by atoms with E-state index >= 15 is 0 Å². The zero-order valence-electron chi connectivity index (χ0n) is 9.16. The van der Waals surface area contributed by atoms with Crippen LogP contribution in [-0.4, -0.2) is 9.94 Å². The summed E-state index contributed by atoms with van der Waals surface area (Å²) in [5.74, 6) is 0. The summed E-state index contributed by atoms with van der Waals surface area (Å²) < 4.78 is 2.06. The molecular formula is C10H12Br3N2O2+. The van der Waals surface area contributed by atoms with E-state index in [9.17, 15) is 10.1 Å². The van der Waals surface area contributed by atoms with Crippen molar-refractivity contribution in [1.29, 1.82) is 0 Å². The van der Waals surface area contributed by atoms with E-state index < -0.39 is 0 Å². The lowest BCUT2D eigenvalue weighted by Crippen LogP contribution is -2.36. The summed E-state index contributed by atoms with van der Waals surface area (Å²) in [4.78, 5) is 12.3. The minimum atomic E-state index is -0.0133. The molecule has 2 rings (SSSR count). The molecule has 0 aromatic carbocycles. The molecule has 1 heterocycles. The fourth-order valence-corrected chi connectivity index (χ4v) is 4.12. The molecule has 17 heavy (non-hydrogen) atoms. The van der Waals surface area contributed by atoms with Crippen LogP contribution in [0.5, 0.6) is 0 Å². The molecule has 7 heteroatoms. The van der Waals surface area contributed by atoms with Gasteiger partial charge in [-0.2, -0.15) is 4.73 Å². The number of aromatic nitrogens is 2. The van der Waals surface area contributed by atoms with Crippen LogP contribution in [0.2, 0.25) is 0 Å². The summed E-state index contributed by atoms with van der Waals surface area (Å²) >= 11 is 10.3. The molecule has 0 amide bonds. The van der Waals surface area contributed by atoms with Crippen LogP contribution in [0.15, 0.2) is 0 Å². The van der Waals surface area contributed by atoms with E-state index in [0.717, 1.165) is 22.0 Å². The topological polar surface area (TPSA) is 48.1 Å². The summed E-state index contributed by atoms with van der Waals surface area (Å²) in [6.07, 6.45) is 1.76. The van der Waals surface area contributed by atoms with Crippen LogP contribution in [0.4, 0.5) is 0 Å². The zero-order valence-corrected chi connectivity index (χ0v) is 13.9. The number of halogens is 3. The van der Waals surface area contributed by atoms with Crippen LogP contribution in [0.1, 0.15) is 45.3 Å². The van der Waals surface area contributed by atoms with E-state index in [0.29, 0.717) is 28.1 Å². The minimum Gasteiger partial charge on any atom is -0.428 e. The van der Waals surface area contributed by atoms with Crippen LogP contribution < -0.4 is 4.43 Å². The van der Waals surface area contributed by atoms with Gasteiger partial charge in [0.05, 0.1) is 14.6 Å². The molecule has 1 aliphatic rings. The lowest BCUT2D eigenvalue weighted by Gasteiger charge is -2.22. The Bertz CT molecular complexity index is 515. The molecule has 0 saturated carbocycles. The van der Waals surface area contributed by atoms with Crippen molar-refractivity contribution in [2.24, 2.45) is 0 Å². The molecule has 1 N–H and O–H groups in total. The quantitative estimate of drug-likeness (QED) is 0.420. The van der Waals surface area contributed by atoms with E-state index in [2.05, 4.69) is 47.8 Å². The lowest BCUT2D eigenvalue weighted by molar-refractivity contribution is -0.516. The number of fused-ring (bicyclic) bond motifs is 1. The van der Waals surface area contributed by atoms with E-state index in [1.54, 1.807) is 6.92 Å². The molecule has 0 fully saturated rings. The number of rotatable bonds is 1. The van der Waals surface area contributed by atoms with Gasteiger partial charge in [-0.1, -0.05) is 47.8 Å². The van der Waals surface area contributed by atoms with Gasteiger partial charge in [0.25, 0.3) is 11.4 Å². The Morgan fingerprint density at radius 2 is 2.00 bits per heavy atom. The molecule has 0 bridgehead atoms. The standard InChI is InChI=1S/C10H12Br3N2O2/c1-5-8(4-11)15(17)10-7(13)3-2-6(12)9(10)14(5)16/h6-7,16H,2-4H2,1H3/q+1/t6-,7-/m0/s1. The van der Waals surface area contributed by atoms with Crippen molar-refractivity contribution in [3.05, 3.63) is 27.7 Å². The first-order valence-electron chi connectivity index (χ1n) is 5.23. The van der Waals surface area contributed by atoms with Gasteiger partial charge in [-0.05, 0) is 19.8 Å². The van der Waals surface area contributed by atoms with Gasteiger partial charge in [-0.25, -0.2) is 0 Å². The van der Waals surface area contributed by atoms with E-state index in [1.165, 1.54) is 0 Å². The maximum atomic E-state index is 12.3. The molecule has 1 aliphatic carbocycles. The van der Waals surface area contributed by atoms with Gasteiger partial charge in [0.15, 0.2) is 0 Å². The van der Waals surface area contributed by atoms with Crippen LogP contribution in [0.25, 0.3) is 0 Å². The van der Waals surface area contributed by atoms with Gasteiger partial charge < -0.3 is 5.21 Å². The first-order chi connectivity index (χ1) is 7.99. The van der Waals surface area contributed by atoms with Crippen molar-refractivity contribution in [3.63, 3.8) is 0 Å². The van der Waals surface area contributed by atoms with Gasteiger partial charge in [0, 0.05) is 4.91 Å². The van der Waals surface area contributed by atoms with Gasteiger partial charge >= 0.3 is 0 Å². The van der Waals surface area contributed by atoms with E-state index in [1.807, 2.05) is 0 Å². The highest BCUT2D eigenvalue weighted by molar-refractivity contribution is 9.09. The molecule has 4 nitrogen and oxygen atoms in total. The fourth-order valence-electron chi connectivity index (χ4n) is 2.11. The van der Waals surface area contributed by atoms with Crippen LogP contribution in [0, 0.1) is 11.8 Å². The predicted molar refractivity (Wildman–Crippen MR) is 74.9 cm³/mol. The third kappa shape index (κ3) is 2.10. The monoisotopic (exact) mass is 429 g/mol. The van der Waals surface area contributed by atoms with Crippen LogP contribution in [-0.2, 0) is 5.33 Å². The summed E-state index contributed by atoms with van der Waals surface area (Å²) in [5, 5.41) is 10.6.